The summed E-state index contributed by atoms with van der Waals surface area (Å²) in [5.41, 5.74) is 2.89. The van der Waals surface area contributed by atoms with E-state index in [9.17, 15) is 4.79 Å². The van der Waals surface area contributed by atoms with Crippen molar-refractivity contribution in [1.82, 2.24) is 29.5 Å². The summed E-state index contributed by atoms with van der Waals surface area (Å²) in [6, 6.07) is 6.73. The highest BCUT2D eigenvalue weighted by Crippen LogP contribution is 2.26. The fraction of sp³-hybridized carbons (Fsp3) is 0.500. The van der Waals surface area contributed by atoms with Crippen molar-refractivity contribution < 1.29 is 4.79 Å². The lowest BCUT2D eigenvalue weighted by atomic mass is 9.93. The summed E-state index contributed by atoms with van der Waals surface area (Å²) >= 11 is 0. The number of aryl methyl sites for hydroxylation is 1. The number of amides is 1. The summed E-state index contributed by atoms with van der Waals surface area (Å²) in [6.45, 7) is 4.35. The van der Waals surface area contributed by atoms with Gasteiger partial charge in [0.2, 0.25) is 11.9 Å². The second kappa shape index (κ2) is 8.96. The van der Waals surface area contributed by atoms with E-state index in [-0.39, 0.29) is 11.8 Å². The number of carbonyl (C=O) groups is 1. The standard InChI is InChI=1S/C24H31N7O/c1-29-9-7-21(8-10-29)31-11-5-17(6-12-31)23(32)28-24-25-14-19-4-3-18(13-22(19)27-24)20-15-26-30(2)16-20/h3-4,13-17,21H,5-12H2,1-2H3,(H,25,27,28,32). The summed E-state index contributed by atoms with van der Waals surface area (Å²) in [5.74, 6) is 0.443. The predicted molar refractivity (Wildman–Crippen MR) is 125 cm³/mol. The van der Waals surface area contributed by atoms with Gasteiger partial charge in [0.25, 0.3) is 0 Å². The molecule has 2 aromatic heterocycles. The molecule has 168 valence electrons. The fourth-order valence-electron chi connectivity index (χ4n) is 4.93. The fourth-order valence-corrected chi connectivity index (χ4v) is 4.93. The first kappa shape index (κ1) is 21.0. The molecular weight excluding hydrogens is 402 g/mol. The van der Waals surface area contributed by atoms with Crippen LogP contribution in [0.25, 0.3) is 22.0 Å². The van der Waals surface area contributed by atoms with E-state index >= 15 is 0 Å². The zero-order valence-corrected chi connectivity index (χ0v) is 18.9. The Morgan fingerprint density at radius 1 is 1.00 bits per heavy atom. The molecule has 2 fully saturated rings. The van der Waals surface area contributed by atoms with E-state index in [1.54, 1.807) is 10.9 Å². The van der Waals surface area contributed by atoms with Gasteiger partial charge in [0.05, 0.1) is 11.7 Å². The van der Waals surface area contributed by atoms with Gasteiger partial charge < -0.3 is 9.80 Å². The van der Waals surface area contributed by atoms with Crippen molar-refractivity contribution in [3.05, 3.63) is 36.8 Å². The zero-order chi connectivity index (χ0) is 22.1. The topological polar surface area (TPSA) is 79.2 Å². The molecule has 2 saturated heterocycles. The monoisotopic (exact) mass is 433 g/mol. The molecule has 0 bridgehead atoms. The van der Waals surface area contributed by atoms with Crippen LogP contribution in [0.3, 0.4) is 0 Å². The second-order valence-electron chi connectivity index (χ2n) is 9.20. The van der Waals surface area contributed by atoms with Crippen molar-refractivity contribution in [3.8, 4) is 11.1 Å². The van der Waals surface area contributed by atoms with E-state index in [2.05, 4.69) is 37.2 Å². The van der Waals surface area contributed by atoms with Gasteiger partial charge in [0.15, 0.2) is 0 Å². The average molecular weight is 434 g/mol. The van der Waals surface area contributed by atoms with Crippen LogP contribution in [-0.2, 0) is 11.8 Å². The van der Waals surface area contributed by atoms with Gasteiger partial charge in [-0.3, -0.25) is 14.8 Å². The third kappa shape index (κ3) is 4.52. The first-order valence-electron chi connectivity index (χ1n) is 11.5. The van der Waals surface area contributed by atoms with Gasteiger partial charge in [-0.2, -0.15) is 5.10 Å². The Labute approximate surface area is 188 Å². The molecule has 0 unspecified atom stereocenters. The normalized spacial score (nSPS) is 19.4. The molecule has 8 nitrogen and oxygen atoms in total. The molecule has 3 aromatic rings. The third-order valence-corrected chi connectivity index (χ3v) is 6.96. The Kier molecular flexibility index (Phi) is 5.89. The summed E-state index contributed by atoms with van der Waals surface area (Å²) < 4.78 is 1.78. The molecule has 0 aliphatic carbocycles. The molecule has 0 saturated carbocycles. The van der Waals surface area contributed by atoms with Crippen LogP contribution in [0, 0.1) is 5.92 Å². The van der Waals surface area contributed by atoms with Crippen LogP contribution in [0.15, 0.2) is 36.8 Å². The van der Waals surface area contributed by atoms with Gasteiger partial charge in [0, 0.05) is 42.4 Å². The Morgan fingerprint density at radius 3 is 2.50 bits per heavy atom. The molecule has 0 spiro atoms. The number of piperidine rings is 2. The van der Waals surface area contributed by atoms with E-state index in [1.807, 2.05) is 37.6 Å². The van der Waals surface area contributed by atoms with E-state index in [4.69, 9.17) is 0 Å². The van der Waals surface area contributed by atoms with Crippen molar-refractivity contribution in [2.75, 3.05) is 38.5 Å². The largest absolute Gasteiger partial charge is 0.306 e. The molecule has 1 amide bonds. The van der Waals surface area contributed by atoms with Crippen LogP contribution in [-0.4, -0.2) is 74.7 Å². The van der Waals surface area contributed by atoms with Crippen LogP contribution in [0.2, 0.25) is 0 Å². The maximum Gasteiger partial charge on any atom is 0.229 e. The molecule has 8 heteroatoms. The number of anilines is 1. The molecule has 1 N–H and O–H groups in total. The number of likely N-dealkylation sites (tertiary alicyclic amines) is 2. The molecule has 32 heavy (non-hydrogen) atoms. The highest BCUT2D eigenvalue weighted by atomic mass is 16.2. The highest BCUT2D eigenvalue weighted by Gasteiger charge is 2.30. The third-order valence-electron chi connectivity index (χ3n) is 6.96. The maximum absolute atomic E-state index is 12.9. The lowest BCUT2D eigenvalue weighted by molar-refractivity contribution is -0.121. The Hall–Kier alpha value is -2.84. The lowest BCUT2D eigenvalue weighted by Crippen LogP contribution is -2.48. The Bertz CT molecular complexity index is 1090. The highest BCUT2D eigenvalue weighted by molar-refractivity contribution is 5.92. The molecule has 2 aliphatic heterocycles. The van der Waals surface area contributed by atoms with Crippen LogP contribution in [0.1, 0.15) is 25.7 Å². The molecule has 1 aromatic carbocycles. The number of hydrogen-bond acceptors (Lipinski definition) is 6. The number of carbonyl (C=O) groups excluding carboxylic acids is 1. The molecule has 5 rings (SSSR count). The number of fused-ring (bicyclic) bond motifs is 1. The minimum absolute atomic E-state index is 0.0264. The average Bonchev–Trinajstić information content (AvgIpc) is 3.25. The van der Waals surface area contributed by atoms with Crippen molar-refractivity contribution in [1.29, 1.82) is 0 Å². The van der Waals surface area contributed by atoms with E-state index in [0.717, 1.165) is 48.0 Å². The van der Waals surface area contributed by atoms with Crippen LogP contribution < -0.4 is 5.32 Å². The van der Waals surface area contributed by atoms with Crippen molar-refractivity contribution >= 4 is 22.8 Å². The van der Waals surface area contributed by atoms with E-state index in [0.29, 0.717) is 12.0 Å². The summed E-state index contributed by atoms with van der Waals surface area (Å²) in [7, 11) is 4.10. The summed E-state index contributed by atoms with van der Waals surface area (Å²) in [6.07, 6.45) is 9.85. The Morgan fingerprint density at radius 2 is 1.78 bits per heavy atom. The number of hydrogen-bond donors (Lipinski definition) is 1. The quantitative estimate of drug-likeness (QED) is 0.682. The predicted octanol–water partition coefficient (Wildman–Crippen LogP) is 2.78. The minimum Gasteiger partial charge on any atom is -0.306 e. The SMILES string of the molecule is CN1CCC(N2CCC(C(=O)Nc3ncc4ccc(-c5cnn(C)c5)cc4n3)CC2)CC1. The molecule has 0 atom stereocenters. The van der Waals surface area contributed by atoms with Crippen LogP contribution >= 0.6 is 0 Å². The minimum atomic E-state index is 0.0264. The van der Waals surface area contributed by atoms with Crippen LogP contribution in [0.4, 0.5) is 5.95 Å². The number of aromatic nitrogens is 4. The maximum atomic E-state index is 12.9. The number of benzene rings is 1. The Balaban J connectivity index is 1.22. The van der Waals surface area contributed by atoms with E-state index < -0.39 is 0 Å². The van der Waals surface area contributed by atoms with Crippen molar-refractivity contribution in [2.24, 2.45) is 13.0 Å². The van der Waals surface area contributed by atoms with Crippen LogP contribution in [0.5, 0.6) is 0 Å². The van der Waals surface area contributed by atoms with Gasteiger partial charge in [-0.05, 0) is 70.5 Å². The smallest absolute Gasteiger partial charge is 0.229 e. The number of nitrogens with one attached hydrogen (secondary N) is 1. The van der Waals surface area contributed by atoms with Gasteiger partial charge in [-0.25, -0.2) is 9.97 Å². The van der Waals surface area contributed by atoms with E-state index in [1.165, 1.54) is 25.9 Å². The van der Waals surface area contributed by atoms with Gasteiger partial charge in [-0.15, -0.1) is 0 Å². The molecular formula is C24H31N7O. The van der Waals surface area contributed by atoms with Gasteiger partial charge in [-0.1, -0.05) is 12.1 Å². The first-order valence-corrected chi connectivity index (χ1v) is 11.5. The summed E-state index contributed by atoms with van der Waals surface area (Å²) in [5, 5.41) is 8.15. The number of nitrogens with zero attached hydrogens (tertiary/aromatic N) is 6. The van der Waals surface area contributed by atoms with Gasteiger partial charge >= 0.3 is 0 Å². The first-order chi connectivity index (χ1) is 15.5. The molecule has 2 aliphatic rings. The molecule has 4 heterocycles. The van der Waals surface area contributed by atoms with Crippen molar-refractivity contribution in [3.63, 3.8) is 0 Å². The second-order valence-corrected chi connectivity index (χ2v) is 9.20. The summed E-state index contributed by atoms with van der Waals surface area (Å²) in [4.78, 5) is 26.9. The van der Waals surface area contributed by atoms with Crippen molar-refractivity contribution in [2.45, 2.75) is 31.7 Å². The molecule has 0 radical (unpaired) electrons. The van der Waals surface area contributed by atoms with Gasteiger partial charge in [0.1, 0.15) is 0 Å². The zero-order valence-electron chi connectivity index (χ0n) is 18.9. The lowest BCUT2D eigenvalue weighted by Gasteiger charge is -2.40. The number of rotatable bonds is 4.